The number of nitrogens with one attached hydrogen (secondary N) is 1. The van der Waals surface area contributed by atoms with Crippen LogP contribution in [0, 0.1) is 0 Å². The SMILES string of the molecule is OCC(NC1CCCC1)c1ccc(O)c(Cl)c1. The number of hydrogen-bond acceptors (Lipinski definition) is 3. The van der Waals surface area contributed by atoms with Crippen molar-refractivity contribution in [2.24, 2.45) is 0 Å². The van der Waals surface area contributed by atoms with Crippen LogP contribution in [0.3, 0.4) is 0 Å². The van der Waals surface area contributed by atoms with Gasteiger partial charge in [-0.15, -0.1) is 0 Å². The molecule has 0 bridgehead atoms. The average molecular weight is 256 g/mol. The summed E-state index contributed by atoms with van der Waals surface area (Å²) < 4.78 is 0. The first kappa shape index (κ1) is 12.7. The molecular formula is C13H18ClNO2. The van der Waals surface area contributed by atoms with E-state index >= 15 is 0 Å². The van der Waals surface area contributed by atoms with Crippen molar-refractivity contribution >= 4 is 11.6 Å². The minimum atomic E-state index is -0.101. The first-order valence-corrected chi connectivity index (χ1v) is 6.44. The Kier molecular flexibility index (Phi) is 4.26. The number of phenols is 1. The standard InChI is InChI=1S/C13H18ClNO2/c14-11-7-9(5-6-13(11)17)12(8-16)15-10-3-1-2-4-10/h5-7,10,12,15-17H,1-4,8H2. The van der Waals surface area contributed by atoms with Crippen molar-refractivity contribution in [3.05, 3.63) is 28.8 Å². The zero-order valence-corrected chi connectivity index (χ0v) is 10.5. The molecule has 1 atom stereocenters. The zero-order chi connectivity index (χ0) is 12.3. The first-order valence-electron chi connectivity index (χ1n) is 6.06. The monoisotopic (exact) mass is 255 g/mol. The van der Waals surface area contributed by atoms with Crippen molar-refractivity contribution in [1.29, 1.82) is 0 Å². The van der Waals surface area contributed by atoms with Gasteiger partial charge in [0.2, 0.25) is 0 Å². The topological polar surface area (TPSA) is 52.5 Å². The molecule has 1 fully saturated rings. The van der Waals surface area contributed by atoms with Gasteiger partial charge >= 0.3 is 0 Å². The Hall–Kier alpha value is -0.770. The molecular weight excluding hydrogens is 238 g/mol. The molecule has 4 heteroatoms. The minimum Gasteiger partial charge on any atom is -0.506 e. The van der Waals surface area contributed by atoms with Crippen LogP contribution in [0.4, 0.5) is 0 Å². The molecule has 0 radical (unpaired) electrons. The van der Waals surface area contributed by atoms with Crippen molar-refractivity contribution in [2.45, 2.75) is 37.8 Å². The number of benzene rings is 1. The van der Waals surface area contributed by atoms with E-state index in [0.29, 0.717) is 11.1 Å². The lowest BCUT2D eigenvalue weighted by atomic mass is 10.1. The van der Waals surface area contributed by atoms with E-state index in [4.69, 9.17) is 11.6 Å². The molecule has 0 saturated heterocycles. The molecule has 1 aromatic carbocycles. The lowest BCUT2D eigenvalue weighted by Crippen LogP contribution is -2.32. The third kappa shape index (κ3) is 3.12. The van der Waals surface area contributed by atoms with Gasteiger partial charge in [-0.3, -0.25) is 0 Å². The summed E-state index contributed by atoms with van der Waals surface area (Å²) in [6.45, 7) is 0.0393. The highest BCUT2D eigenvalue weighted by atomic mass is 35.5. The average Bonchev–Trinajstić information content (AvgIpc) is 2.82. The maximum absolute atomic E-state index is 9.43. The maximum Gasteiger partial charge on any atom is 0.134 e. The van der Waals surface area contributed by atoms with Crippen LogP contribution in [0.25, 0.3) is 0 Å². The lowest BCUT2D eigenvalue weighted by Gasteiger charge is -2.21. The Morgan fingerprint density at radius 1 is 1.35 bits per heavy atom. The summed E-state index contributed by atoms with van der Waals surface area (Å²) in [6.07, 6.45) is 4.85. The van der Waals surface area contributed by atoms with E-state index in [1.54, 1.807) is 18.2 Å². The van der Waals surface area contributed by atoms with E-state index in [1.165, 1.54) is 25.7 Å². The fourth-order valence-electron chi connectivity index (χ4n) is 2.37. The lowest BCUT2D eigenvalue weighted by molar-refractivity contribution is 0.233. The third-order valence-electron chi connectivity index (χ3n) is 3.35. The molecule has 0 aromatic heterocycles. The normalized spacial score (nSPS) is 18.5. The molecule has 0 heterocycles. The number of hydrogen-bond donors (Lipinski definition) is 3. The minimum absolute atomic E-state index is 0.0393. The second-order valence-electron chi connectivity index (χ2n) is 4.59. The summed E-state index contributed by atoms with van der Waals surface area (Å²) in [5, 5.41) is 22.6. The highest BCUT2D eigenvalue weighted by Crippen LogP contribution is 2.28. The number of aliphatic hydroxyl groups is 1. The van der Waals surface area contributed by atoms with Gasteiger partial charge in [0, 0.05) is 6.04 Å². The Morgan fingerprint density at radius 3 is 2.65 bits per heavy atom. The Labute approximate surface area is 106 Å². The molecule has 17 heavy (non-hydrogen) atoms. The second kappa shape index (κ2) is 5.71. The fourth-order valence-corrected chi connectivity index (χ4v) is 2.56. The Bertz CT molecular complexity index is 378. The number of aromatic hydroxyl groups is 1. The van der Waals surface area contributed by atoms with Gasteiger partial charge in [-0.1, -0.05) is 30.5 Å². The summed E-state index contributed by atoms with van der Waals surface area (Å²) in [7, 11) is 0. The molecule has 2 rings (SSSR count). The predicted molar refractivity (Wildman–Crippen MR) is 68.3 cm³/mol. The van der Waals surface area contributed by atoms with Gasteiger partial charge in [0.1, 0.15) is 5.75 Å². The van der Waals surface area contributed by atoms with Crippen LogP contribution in [-0.4, -0.2) is 22.9 Å². The van der Waals surface area contributed by atoms with Crippen LogP contribution in [0.2, 0.25) is 5.02 Å². The summed E-state index contributed by atoms with van der Waals surface area (Å²) in [5.74, 6) is 0.0768. The van der Waals surface area contributed by atoms with Gasteiger partial charge in [-0.05, 0) is 30.5 Å². The molecule has 3 N–H and O–H groups in total. The van der Waals surface area contributed by atoms with Gasteiger partial charge in [0.15, 0.2) is 0 Å². The van der Waals surface area contributed by atoms with Crippen molar-refractivity contribution in [3.8, 4) is 5.75 Å². The molecule has 1 aromatic rings. The van der Waals surface area contributed by atoms with Crippen LogP contribution in [-0.2, 0) is 0 Å². The van der Waals surface area contributed by atoms with Crippen LogP contribution in [0.5, 0.6) is 5.75 Å². The van der Waals surface area contributed by atoms with Gasteiger partial charge in [-0.25, -0.2) is 0 Å². The van der Waals surface area contributed by atoms with E-state index in [1.807, 2.05) is 0 Å². The van der Waals surface area contributed by atoms with Gasteiger partial charge in [0.05, 0.1) is 17.7 Å². The van der Waals surface area contributed by atoms with Crippen LogP contribution in [0.15, 0.2) is 18.2 Å². The smallest absolute Gasteiger partial charge is 0.134 e. The largest absolute Gasteiger partial charge is 0.506 e. The van der Waals surface area contributed by atoms with Crippen LogP contribution < -0.4 is 5.32 Å². The predicted octanol–water partition coefficient (Wildman–Crippen LogP) is 2.61. The molecule has 1 aliphatic rings. The van der Waals surface area contributed by atoms with E-state index in [9.17, 15) is 10.2 Å². The number of rotatable bonds is 4. The Balaban J connectivity index is 2.08. The summed E-state index contributed by atoms with van der Waals surface area (Å²) in [6, 6.07) is 5.45. The number of halogens is 1. The van der Waals surface area contributed by atoms with Crippen LogP contribution in [0.1, 0.15) is 37.3 Å². The molecule has 1 saturated carbocycles. The summed E-state index contributed by atoms with van der Waals surface area (Å²) >= 11 is 5.87. The molecule has 0 aliphatic heterocycles. The van der Waals surface area contributed by atoms with Gasteiger partial charge in [-0.2, -0.15) is 0 Å². The van der Waals surface area contributed by atoms with Crippen molar-refractivity contribution in [3.63, 3.8) is 0 Å². The van der Waals surface area contributed by atoms with Crippen molar-refractivity contribution < 1.29 is 10.2 Å². The molecule has 0 amide bonds. The molecule has 1 unspecified atom stereocenters. The molecule has 3 nitrogen and oxygen atoms in total. The van der Waals surface area contributed by atoms with Crippen molar-refractivity contribution in [2.75, 3.05) is 6.61 Å². The van der Waals surface area contributed by atoms with E-state index in [-0.39, 0.29) is 18.4 Å². The van der Waals surface area contributed by atoms with E-state index in [2.05, 4.69) is 5.32 Å². The quantitative estimate of drug-likeness (QED) is 0.775. The third-order valence-corrected chi connectivity index (χ3v) is 3.65. The molecule has 94 valence electrons. The highest BCUT2D eigenvalue weighted by Gasteiger charge is 2.20. The molecule has 0 spiro atoms. The molecule has 1 aliphatic carbocycles. The first-order chi connectivity index (χ1) is 8.20. The van der Waals surface area contributed by atoms with Crippen molar-refractivity contribution in [1.82, 2.24) is 5.32 Å². The highest BCUT2D eigenvalue weighted by molar-refractivity contribution is 6.32. The van der Waals surface area contributed by atoms with Crippen LogP contribution >= 0.6 is 11.6 Å². The number of phenolic OH excluding ortho intramolecular Hbond substituents is 1. The van der Waals surface area contributed by atoms with Gasteiger partial charge in [0.25, 0.3) is 0 Å². The second-order valence-corrected chi connectivity index (χ2v) is 5.00. The van der Waals surface area contributed by atoms with E-state index in [0.717, 1.165) is 5.56 Å². The summed E-state index contributed by atoms with van der Waals surface area (Å²) in [5.41, 5.74) is 0.919. The van der Waals surface area contributed by atoms with Gasteiger partial charge < -0.3 is 15.5 Å². The maximum atomic E-state index is 9.43. The summed E-state index contributed by atoms with van der Waals surface area (Å²) in [4.78, 5) is 0. The fraction of sp³-hybridized carbons (Fsp3) is 0.538. The Morgan fingerprint density at radius 2 is 2.06 bits per heavy atom. The van der Waals surface area contributed by atoms with E-state index < -0.39 is 0 Å². The zero-order valence-electron chi connectivity index (χ0n) is 9.69. The number of aliphatic hydroxyl groups excluding tert-OH is 1.